The summed E-state index contributed by atoms with van der Waals surface area (Å²) in [4.78, 5) is 12.5. The lowest BCUT2D eigenvalue weighted by Gasteiger charge is -2.33. The molecule has 0 unspecified atom stereocenters. The highest BCUT2D eigenvalue weighted by Crippen LogP contribution is 2.48. The molecule has 10 heteroatoms. The largest absolute Gasteiger partial charge is 0.388 e. The molecule has 0 spiro atoms. The minimum Gasteiger partial charge on any atom is -0.388 e. The molecule has 0 aromatic heterocycles. The number of allylic oxidation sites excluding steroid dienone is 4. The number of fused-ring (bicyclic) bond motifs is 2. The van der Waals surface area contributed by atoms with Crippen molar-refractivity contribution < 1.29 is 0 Å². The summed E-state index contributed by atoms with van der Waals surface area (Å²) in [5.41, 5.74) is 14.1. The lowest BCUT2D eigenvalue weighted by molar-refractivity contribution is 0.608. The molecule has 200 valence electrons. The Kier molecular flexibility index (Phi) is 10.9. The van der Waals surface area contributed by atoms with Crippen LogP contribution in [-0.2, 0) is 0 Å². The molecule has 0 amide bonds. The maximum Gasteiger partial charge on any atom is 0.174 e. The lowest BCUT2D eigenvalue weighted by Crippen LogP contribution is -2.22. The molecule has 2 aromatic rings. The first-order valence-electron chi connectivity index (χ1n) is 12.9. The predicted octanol–water partition coefficient (Wildman–Crippen LogP) is 5.92. The van der Waals surface area contributed by atoms with Crippen molar-refractivity contribution in [1.82, 2.24) is 0 Å². The molecule has 3 rings (SSSR count). The first-order valence-corrected chi connectivity index (χ1v) is 13.7. The van der Waals surface area contributed by atoms with Crippen LogP contribution in [0.1, 0.15) is 56.6 Å². The van der Waals surface area contributed by atoms with Gasteiger partial charge in [-0.15, -0.1) is 0 Å². The second kappa shape index (κ2) is 14.8. The van der Waals surface area contributed by atoms with Gasteiger partial charge in [-0.3, -0.25) is 0 Å². The number of nitrogens with zero attached hydrogens (tertiary/aromatic N) is 7. The van der Waals surface area contributed by atoms with Gasteiger partial charge in [0.15, 0.2) is 11.4 Å². The second-order valence-electron chi connectivity index (χ2n) is 8.96. The third-order valence-corrected chi connectivity index (χ3v) is 7.25. The molecule has 0 atom stereocenters. The van der Waals surface area contributed by atoms with Gasteiger partial charge in [-0.2, -0.15) is 21.0 Å². The molecule has 0 fully saturated rings. The normalized spacial score (nSPS) is 13.4. The van der Waals surface area contributed by atoms with E-state index >= 15 is 0 Å². The highest BCUT2D eigenvalue weighted by molar-refractivity contribution is 7.99. The van der Waals surface area contributed by atoms with Crippen LogP contribution < -0.4 is 16.4 Å². The Hall–Kier alpha value is -5.03. The molecule has 9 nitrogen and oxygen atoms in total. The van der Waals surface area contributed by atoms with Crippen LogP contribution in [0.4, 0.5) is 11.4 Å². The van der Waals surface area contributed by atoms with Gasteiger partial charge in [-0.25, -0.2) is 9.98 Å². The van der Waals surface area contributed by atoms with Gasteiger partial charge in [0.25, 0.3) is 0 Å². The molecule has 1 aliphatic heterocycles. The Morgan fingerprint density at radius 2 is 1.23 bits per heavy atom. The fourth-order valence-electron chi connectivity index (χ4n) is 4.07. The van der Waals surface area contributed by atoms with E-state index in [0.29, 0.717) is 0 Å². The van der Waals surface area contributed by atoms with E-state index in [-0.39, 0.29) is 22.8 Å². The van der Waals surface area contributed by atoms with Gasteiger partial charge in [-0.05, 0) is 41.8 Å². The Morgan fingerprint density at radius 1 is 0.750 bits per heavy atom. The monoisotopic (exact) mass is 547 g/mol. The Labute approximate surface area is 239 Å². The lowest BCUT2D eigenvalue weighted by atomic mass is 10.1. The molecule has 2 aromatic carbocycles. The van der Waals surface area contributed by atoms with Crippen LogP contribution in [0.25, 0.3) is 0 Å². The summed E-state index contributed by atoms with van der Waals surface area (Å²) in [6.07, 6.45) is 10.2. The van der Waals surface area contributed by atoms with Gasteiger partial charge in [0.1, 0.15) is 35.7 Å². The number of nitrogens with two attached hydrogens (primary N) is 2. The molecule has 1 heterocycles. The van der Waals surface area contributed by atoms with Crippen LogP contribution >= 0.6 is 11.8 Å². The van der Waals surface area contributed by atoms with Crippen molar-refractivity contribution in [3.63, 3.8) is 0 Å². The minimum absolute atomic E-state index is 0.130. The number of unbranched alkanes of at least 4 members (excludes halogenated alkanes) is 5. The van der Waals surface area contributed by atoms with E-state index in [4.69, 9.17) is 22.0 Å². The van der Waals surface area contributed by atoms with Crippen LogP contribution in [0.5, 0.6) is 0 Å². The molecule has 0 saturated carbocycles. The van der Waals surface area contributed by atoms with Gasteiger partial charge in [0.05, 0.1) is 11.4 Å². The molecule has 1 aliphatic rings. The highest BCUT2D eigenvalue weighted by Gasteiger charge is 2.23. The molecule has 0 saturated heterocycles. The molecule has 0 bridgehead atoms. The van der Waals surface area contributed by atoms with Crippen molar-refractivity contribution in [3.8, 4) is 24.3 Å². The van der Waals surface area contributed by atoms with E-state index in [9.17, 15) is 10.5 Å². The Balaban J connectivity index is 1.95. The number of rotatable bonds is 11. The zero-order chi connectivity index (χ0) is 28.9. The number of benzene rings is 2. The quantitative estimate of drug-likeness (QED) is 0.198. The maximum atomic E-state index is 9.24. The average molecular weight is 548 g/mol. The summed E-state index contributed by atoms with van der Waals surface area (Å²) in [5.74, 6) is 0. The third kappa shape index (κ3) is 7.51. The van der Waals surface area contributed by atoms with Gasteiger partial charge >= 0.3 is 0 Å². The van der Waals surface area contributed by atoms with Gasteiger partial charge in [0.2, 0.25) is 0 Å². The van der Waals surface area contributed by atoms with Crippen molar-refractivity contribution in [2.75, 3.05) is 11.4 Å². The molecule has 0 radical (unpaired) electrons. The van der Waals surface area contributed by atoms with E-state index < -0.39 is 0 Å². The summed E-state index contributed by atoms with van der Waals surface area (Å²) in [5, 5.41) is 36.4. The maximum absolute atomic E-state index is 9.24. The number of hydrogen-bond acceptors (Lipinski definition) is 10. The summed E-state index contributed by atoms with van der Waals surface area (Å²) in [6.45, 7) is 3.07. The molecule has 4 N–H and O–H groups in total. The smallest absolute Gasteiger partial charge is 0.174 e. The van der Waals surface area contributed by atoms with Crippen LogP contribution in [0.2, 0.25) is 0 Å². The number of anilines is 2. The number of nitriles is 4. The number of aliphatic imine (C=N–C) groups is 2. The molecular weight excluding hydrogens is 518 g/mol. The summed E-state index contributed by atoms with van der Waals surface area (Å²) >= 11 is 1.59. The molecule has 0 aliphatic carbocycles. The Bertz CT molecular complexity index is 1430. The fourth-order valence-corrected chi connectivity index (χ4v) is 5.26. The van der Waals surface area contributed by atoms with Crippen LogP contribution in [-0.4, -0.2) is 19.0 Å². The first kappa shape index (κ1) is 29.5. The van der Waals surface area contributed by atoms with Crippen molar-refractivity contribution in [2.24, 2.45) is 21.5 Å². The van der Waals surface area contributed by atoms with Crippen LogP contribution in [0, 0.1) is 45.3 Å². The van der Waals surface area contributed by atoms with Crippen molar-refractivity contribution in [3.05, 3.63) is 70.3 Å². The topological polar surface area (TPSA) is 175 Å². The zero-order valence-electron chi connectivity index (χ0n) is 22.3. The van der Waals surface area contributed by atoms with Gasteiger partial charge < -0.3 is 16.4 Å². The van der Waals surface area contributed by atoms with Gasteiger partial charge in [0, 0.05) is 28.8 Å². The molecule has 40 heavy (non-hydrogen) atoms. The highest BCUT2D eigenvalue weighted by atomic mass is 32.2. The first-order chi connectivity index (χ1) is 19.4. The van der Waals surface area contributed by atoms with Crippen LogP contribution in [0.15, 0.2) is 79.0 Å². The fraction of sp³-hybridized carbons (Fsp3) is 0.267. The zero-order valence-corrected chi connectivity index (χ0v) is 23.1. The average Bonchev–Trinajstić information content (AvgIpc) is 2.98. The van der Waals surface area contributed by atoms with Crippen LogP contribution in [0.3, 0.4) is 0 Å². The van der Waals surface area contributed by atoms with E-state index in [1.165, 1.54) is 38.1 Å². The SMILES string of the molecule is CCCCCCCCN1c2ccc(C=N/C(C#N)=C(\N)C#N)cc2Sc2cc(C=N/C(C#N)=C(\N)C#N)ccc21. The van der Waals surface area contributed by atoms with Crippen molar-refractivity contribution >= 4 is 35.6 Å². The van der Waals surface area contributed by atoms with Crippen molar-refractivity contribution in [2.45, 2.75) is 55.2 Å². The number of hydrogen-bond donors (Lipinski definition) is 2. The second-order valence-corrected chi connectivity index (χ2v) is 10.0. The summed E-state index contributed by atoms with van der Waals surface area (Å²) in [7, 11) is 0. The molecular formula is C30H29N9S. The standard InChI is InChI=1S/C30H29N9S/c1-2-3-4-5-6-7-12-39-27-10-8-21(19-37-25(17-33)23(35)15-31)13-29(27)40-30-14-22(9-11-28(30)39)20-38-26(18-34)24(36)16-32/h8-11,13-14,19-20H,2-7,12,35-36H2,1H3/b25-23-,26-24-,37-19?,38-20?. The Morgan fingerprint density at radius 3 is 1.68 bits per heavy atom. The van der Waals surface area contributed by atoms with E-state index in [1.807, 2.05) is 48.5 Å². The van der Waals surface area contributed by atoms with Gasteiger partial charge in [-0.1, -0.05) is 62.9 Å². The van der Waals surface area contributed by atoms with E-state index in [0.717, 1.165) is 51.7 Å². The summed E-state index contributed by atoms with van der Waals surface area (Å²) < 4.78 is 0. The van der Waals surface area contributed by atoms with Crippen molar-refractivity contribution in [1.29, 1.82) is 21.0 Å². The summed E-state index contributed by atoms with van der Waals surface area (Å²) in [6, 6.07) is 19.1. The predicted molar refractivity (Wildman–Crippen MR) is 157 cm³/mol. The van der Waals surface area contributed by atoms with E-state index in [1.54, 1.807) is 23.9 Å². The minimum atomic E-state index is -0.231. The third-order valence-electron chi connectivity index (χ3n) is 6.15. The van der Waals surface area contributed by atoms with E-state index in [2.05, 4.69) is 21.8 Å².